The molecule has 10 nitrogen and oxygen atoms in total. The summed E-state index contributed by atoms with van der Waals surface area (Å²) in [6, 6.07) is -0.219. The minimum Gasteiger partial charge on any atom is -0.481 e. The molecule has 1 aromatic heterocycles. The molecule has 5 aliphatic rings. The van der Waals surface area contributed by atoms with Gasteiger partial charge in [0.2, 0.25) is 0 Å². The Morgan fingerprint density at radius 3 is 2.42 bits per heavy atom. The Morgan fingerprint density at radius 2 is 1.80 bits per heavy atom. The van der Waals surface area contributed by atoms with Gasteiger partial charge >= 0.3 is 11.9 Å². The molecule has 0 aromatic carbocycles. The Hall–Kier alpha value is -2.30. The van der Waals surface area contributed by atoms with Crippen LogP contribution in [-0.2, 0) is 19.0 Å². The zero-order valence-corrected chi connectivity index (χ0v) is 32.5. The van der Waals surface area contributed by atoms with Gasteiger partial charge in [0, 0.05) is 16.4 Å². The summed E-state index contributed by atoms with van der Waals surface area (Å²) in [5.74, 6) is -0.157. The molecule has 4 fully saturated rings. The standard InChI is InChI=1S/C40H64N4O6/c1-23(2)25(5)35(6)16-17-37(8)26-12-13-30-36(7)20-49-22-40(30,27(26)14-15-38(37,9)31(35)33(45)46)18-29(32(36)50-21-39(10,41)24(3)4)44-19-28(42-43-44)34(47)48-11/h14,19,23-26,29-32H,12-13,15-18,20-22,41H2,1-11H3,(H,45,46)/t25-,26+,29-,30+,31-,32+,35-,36?,37-,38+,39+,40+/m1/s1. The molecule has 4 aliphatic carbocycles. The zero-order chi connectivity index (χ0) is 36.8. The third kappa shape index (κ3) is 5.19. The molecule has 3 N–H and O–H groups in total. The Bertz CT molecular complexity index is 1520. The van der Waals surface area contributed by atoms with Crippen LogP contribution in [0.3, 0.4) is 0 Å². The fraction of sp³-hybridized carbons (Fsp3) is 0.850. The molecule has 2 heterocycles. The summed E-state index contributed by atoms with van der Waals surface area (Å²) in [6.45, 7) is 23.9. The smallest absolute Gasteiger partial charge is 0.360 e. The third-order valence-corrected chi connectivity index (χ3v) is 16.2. The molecular weight excluding hydrogens is 632 g/mol. The highest BCUT2D eigenvalue weighted by atomic mass is 16.5. The molecular formula is C40H64N4O6. The highest BCUT2D eigenvalue weighted by Gasteiger charge is 2.72. The number of allylic oxidation sites excluding steroid dienone is 1. The van der Waals surface area contributed by atoms with E-state index in [2.05, 4.69) is 78.7 Å². The van der Waals surface area contributed by atoms with E-state index in [9.17, 15) is 14.7 Å². The van der Waals surface area contributed by atoms with E-state index in [0.717, 1.165) is 38.5 Å². The van der Waals surface area contributed by atoms with Gasteiger partial charge in [0.1, 0.15) is 0 Å². The molecule has 0 radical (unpaired) electrons. The lowest BCUT2D eigenvalue weighted by Gasteiger charge is -2.71. The van der Waals surface area contributed by atoms with Crippen LogP contribution in [-0.4, -0.2) is 70.6 Å². The molecule has 0 amide bonds. The molecule has 2 bridgehead atoms. The van der Waals surface area contributed by atoms with E-state index in [-0.39, 0.29) is 57.3 Å². The number of ether oxygens (including phenoxy) is 3. The van der Waals surface area contributed by atoms with Gasteiger partial charge in [0.25, 0.3) is 0 Å². The van der Waals surface area contributed by atoms with Crippen LogP contribution in [0.5, 0.6) is 0 Å². The first-order valence-corrected chi connectivity index (χ1v) is 19.2. The maximum atomic E-state index is 13.5. The van der Waals surface area contributed by atoms with Crippen molar-refractivity contribution in [3.05, 3.63) is 23.5 Å². The quantitative estimate of drug-likeness (QED) is 0.207. The van der Waals surface area contributed by atoms with Crippen LogP contribution >= 0.6 is 0 Å². The largest absolute Gasteiger partial charge is 0.481 e. The molecule has 1 saturated heterocycles. The number of hydrogen-bond acceptors (Lipinski definition) is 8. The number of rotatable bonds is 9. The number of nitrogens with two attached hydrogens (primary N) is 1. The van der Waals surface area contributed by atoms with Gasteiger partial charge in [-0.3, -0.25) is 4.79 Å². The number of carboxylic acids is 1. The first-order chi connectivity index (χ1) is 23.2. The second-order valence-electron chi connectivity index (χ2n) is 19.1. The van der Waals surface area contributed by atoms with Crippen LogP contribution in [0.25, 0.3) is 0 Å². The maximum absolute atomic E-state index is 13.5. The number of carboxylic acid groups (broad SMARTS) is 1. The van der Waals surface area contributed by atoms with Crippen LogP contribution in [0.1, 0.15) is 124 Å². The number of aliphatic carboxylic acids is 1. The summed E-state index contributed by atoms with van der Waals surface area (Å²) in [7, 11) is 1.35. The van der Waals surface area contributed by atoms with Crippen LogP contribution in [0.2, 0.25) is 0 Å². The van der Waals surface area contributed by atoms with Crippen LogP contribution < -0.4 is 5.73 Å². The number of fused-ring (bicyclic) bond motifs is 3. The van der Waals surface area contributed by atoms with E-state index in [0.29, 0.717) is 31.7 Å². The average molecular weight is 697 g/mol. The molecule has 1 unspecified atom stereocenters. The summed E-state index contributed by atoms with van der Waals surface area (Å²) in [6.07, 6.45) is 9.31. The summed E-state index contributed by atoms with van der Waals surface area (Å²) in [5, 5.41) is 19.8. The van der Waals surface area contributed by atoms with Gasteiger partial charge in [-0.1, -0.05) is 79.2 Å². The Labute approximate surface area is 299 Å². The molecule has 1 aromatic rings. The van der Waals surface area contributed by atoms with E-state index in [4.69, 9.17) is 19.9 Å². The zero-order valence-electron chi connectivity index (χ0n) is 32.5. The van der Waals surface area contributed by atoms with E-state index in [1.807, 2.05) is 11.6 Å². The van der Waals surface area contributed by atoms with E-state index < -0.39 is 28.8 Å². The van der Waals surface area contributed by atoms with Crippen molar-refractivity contribution in [3.63, 3.8) is 0 Å². The monoisotopic (exact) mass is 696 g/mol. The SMILES string of the molecule is COC(=O)c1cn([C@@H]2C[C@@]34COCC(C)([C@H]2OC[C@](C)(N)C(C)C)[C@@H]3CC[C@H]2C4=CC[C@@]3(C)[C@H](C(=O)O)[C@@](C)([C@H](C)C(C)C)CC[C@]23C)nn1. The van der Waals surface area contributed by atoms with E-state index in [1.165, 1.54) is 12.7 Å². The average Bonchev–Trinajstić information content (AvgIpc) is 3.54. The fourth-order valence-electron chi connectivity index (χ4n) is 12.2. The molecule has 10 heteroatoms. The van der Waals surface area contributed by atoms with Crippen molar-refractivity contribution in [3.8, 4) is 0 Å². The number of nitrogens with zero attached hydrogens (tertiary/aromatic N) is 3. The minimum absolute atomic E-state index is 0.172. The molecule has 3 saturated carbocycles. The summed E-state index contributed by atoms with van der Waals surface area (Å²) in [5.41, 5.74) is 6.36. The summed E-state index contributed by atoms with van der Waals surface area (Å²) < 4.78 is 20.5. The topological polar surface area (TPSA) is 139 Å². The first kappa shape index (κ1) is 37.5. The minimum atomic E-state index is -0.649. The Kier molecular flexibility index (Phi) is 9.29. The third-order valence-electron chi connectivity index (χ3n) is 16.2. The van der Waals surface area contributed by atoms with Gasteiger partial charge in [-0.2, -0.15) is 0 Å². The second-order valence-corrected chi connectivity index (χ2v) is 19.1. The van der Waals surface area contributed by atoms with E-state index in [1.54, 1.807) is 6.20 Å². The maximum Gasteiger partial charge on any atom is 0.360 e. The summed E-state index contributed by atoms with van der Waals surface area (Å²) >= 11 is 0. The molecule has 0 spiro atoms. The number of aromatic nitrogens is 3. The predicted molar refractivity (Wildman–Crippen MR) is 191 cm³/mol. The number of methoxy groups -OCH3 is 1. The van der Waals surface area contributed by atoms with Gasteiger partial charge in [-0.05, 0) is 91.3 Å². The van der Waals surface area contributed by atoms with E-state index >= 15 is 0 Å². The van der Waals surface area contributed by atoms with Crippen molar-refractivity contribution in [1.82, 2.24) is 15.0 Å². The lowest BCUT2D eigenvalue weighted by atomic mass is 9.34. The Morgan fingerprint density at radius 1 is 1.10 bits per heavy atom. The molecule has 12 atom stereocenters. The first-order valence-electron chi connectivity index (χ1n) is 19.2. The van der Waals surface area contributed by atoms with Gasteiger partial charge in [0.15, 0.2) is 5.69 Å². The number of esters is 1. The number of carbonyl (C=O) groups excluding carboxylic acids is 1. The molecule has 6 rings (SSSR count). The summed E-state index contributed by atoms with van der Waals surface area (Å²) in [4.78, 5) is 26.0. The van der Waals surface area contributed by atoms with Crippen molar-refractivity contribution < 1.29 is 28.9 Å². The van der Waals surface area contributed by atoms with Crippen molar-refractivity contribution in [2.45, 2.75) is 125 Å². The lowest BCUT2D eigenvalue weighted by molar-refractivity contribution is -0.252. The molecule has 280 valence electrons. The molecule has 1 aliphatic heterocycles. The Balaban J connectivity index is 1.46. The van der Waals surface area contributed by atoms with Crippen molar-refractivity contribution in [2.24, 2.45) is 68.3 Å². The second kappa shape index (κ2) is 12.4. The lowest BCUT2D eigenvalue weighted by Crippen LogP contribution is -2.69. The van der Waals surface area contributed by atoms with Crippen LogP contribution in [0.15, 0.2) is 17.8 Å². The van der Waals surface area contributed by atoms with Crippen molar-refractivity contribution in [1.29, 1.82) is 0 Å². The normalized spacial score (nSPS) is 42.8. The number of carbonyl (C=O) groups is 2. The van der Waals surface area contributed by atoms with Gasteiger partial charge in [-0.25, -0.2) is 9.48 Å². The fourth-order valence-corrected chi connectivity index (χ4v) is 12.2. The van der Waals surface area contributed by atoms with Crippen molar-refractivity contribution in [2.75, 3.05) is 26.9 Å². The van der Waals surface area contributed by atoms with Crippen molar-refractivity contribution >= 4 is 11.9 Å². The van der Waals surface area contributed by atoms with Crippen LogP contribution in [0.4, 0.5) is 0 Å². The number of hydrogen-bond donors (Lipinski definition) is 2. The molecule has 50 heavy (non-hydrogen) atoms. The highest BCUT2D eigenvalue weighted by Crippen LogP contribution is 2.75. The van der Waals surface area contributed by atoms with Gasteiger partial charge in [0.05, 0.1) is 51.2 Å². The van der Waals surface area contributed by atoms with Gasteiger partial charge < -0.3 is 25.1 Å². The van der Waals surface area contributed by atoms with Crippen LogP contribution in [0, 0.1) is 62.6 Å². The predicted octanol–water partition coefficient (Wildman–Crippen LogP) is 6.95. The van der Waals surface area contributed by atoms with Gasteiger partial charge in [-0.15, -0.1) is 5.10 Å². The highest BCUT2D eigenvalue weighted by molar-refractivity contribution is 5.86.